The molecule has 1 aromatic carbocycles. The van der Waals surface area contributed by atoms with Crippen LogP contribution < -0.4 is 5.32 Å². The molecule has 144 valence electrons. The summed E-state index contributed by atoms with van der Waals surface area (Å²) in [5.41, 5.74) is 0.105. The van der Waals surface area contributed by atoms with Crippen molar-refractivity contribution in [1.29, 1.82) is 0 Å². The predicted octanol–water partition coefficient (Wildman–Crippen LogP) is 3.11. The van der Waals surface area contributed by atoms with Gasteiger partial charge in [-0.25, -0.2) is 4.98 Å². The van der Waals surface area contributed by atoms with Gasteiger partial charge in [0, 0.05) is 24.0 Å². The molecule has 1 aliphatic heterocycles. The molecule has 0 radical (unpaired) electrons. The molecule has 0 spiro atoms. The number of hydrogen-bond acceptors (Lipinski definition) is 4. The molecular formula is C18H18F3N3O2S. The number of amides is 2. The van der Waals surface area contributed by atoms with Crippen molar-refractivity contribution in [3.05, 3.63) is 40.9 Å². The number of piperazine rings is 1. The highest BCUT2D eigenvalue weighted by Crippen LogP contribution is 2.33. The van der Waals surface area contributed by atoms with E-state index in [1.165, 1.54) is 17.4 Å². The van der Waals surface area contributed by atoms with Crippen LogP contribution in [-0.4, -0.2) is 40.8 Å². The molecule has 0 aliphatic carbocycles. The van der Waals surface area contributed by atoms with Gasteiger partial charge in [0.2, 0.25) is 11.8 Å². The first-order valence-corrected chi connectivity index (χ1v) is 9.36. The molecule has 1 unspecified atom stereocenters. The van der Waals surface area contributed by atoms with Crippen molar-refractivity contribution in [3.63, 3.8) is 0 Å². The zero-order chi connectivity index (χ0) is 19.6. The highest BCUT2D eigenvalue weighted by atomic mass is 32.1. The number of benzene rings is 1. The SMILES string of the molecule is CCC1C(=O)NCCN1C(=O)Cc1csc(-c2cccc(C(F)(F)F)c2)n1. The van der Waals surface area contributed by atoms with Gasteiger partial charge in [-0.15, -0.1) is 11.3 Å². The van der Waals surface area contributed by atoms with Crippen molar-refractivity contribution < 1.29 is 22.8 Å². The molecule has 5 nitrogen and oxygen atoms in total. The molecule has 2 aromatic rings. The topological polar surface area (TPSA) is 62.3 Å². The van der Waals surface area contributed by atoms with E-state index in [0.29, 0.717) is 35.8 Å². The lowest BCUT2D eigenvalue weighted by molar-refractivity contribution is -0.142. The van der Waals surface area contributed by atoms with Gasteiger partial charge < -0.3 is 10.2 Å². The molecule has 3 rings (SSSR count). The molecule has 0 saturated carbocycles. The van der Waals surface area contributed by atoms with Crippen molar-refractivity contribution in [3.8, 4) is 10.6 Å². The third kappa shape index (κ3) is 4.29. The van der Waals surface area contributed by atoms with E-state index in [0.717, 1.165) is 12.1 Å². The van der Waals surface area contributed by atoms with Crippen LogP contribution in [0.5, 0.6) is 0 Å². The highest BCUT2D eigenvalue weighted by molar-refractivity contribution is 7.13. The second-order valence-electron chi connectivity index (χ2n) is 6.20. The molecule has 1 fully saturated rings. The minimum Gasteiger partial charge on any atom is -0.353 e. The molecule has 27 heavy (non-hydrogen) atoms. The Balaban J connectivity index is 1.75. The lowest BCUT2D eigenvalue weighted by atomic mass is 10.1. The number of thiazole rings is 1. The van der Waals surface area contributed by atoms with Crippen molar-refractivity contribution >= 4 is 23.2 Å². The maximum atomic E-state index is 12.9. The smallest absolute Gasteiger partial charge is 0.353 e. The van der Waals surface area contributed by atoms with E-state index >= 15 is 0 Å². The van der Waals surface area contributed by atoms with E-state index in [2.05, 4.69) is 10.3 Å². The minimum absolute atomic E-state index is 0.0131. The molecule has 2 amide bonds. The maximum absolute atomic E-state index is 12.9. The van der Waals surface area contributed by atoms with Crippen LogP contribution in [0.2, 0.25) is 0 Å². The van der Waals surface area contributed by atoms with E-state index < -0.39 is 17.8 Å². The van der Waals surface area contributed by atoms with Crippen LogP contribution in [0.25, 0.3) is 10.6 Å². The summed E-state index contributed by atoms with van der Waals surface area (Å²) in [6, 6.07) is 4.46. The summed E-state index contributed by atoms with van der Waals surface area (Å²) >= 11 is 1.19. The van der Waals surface area contributed by atoms with Crippen molar-refractivity contribution in [2.75, 3.05) is 13.1 Å². The van der Waals surface area contributed by atoms with Crippen LogP contribution in [0.1, 0.15) is 24.6 Å². The molecule has 2 heterocycles. The minimum atomic E-state index is -4.42. The Hall–Kier alpha value is -2.42. The number of carbonyl (C=O) groups excluding carboxylic acids is 2. The van der Waals surface area contributed by atoms with Crippen molar-refractivity contribution in [2.45, 2.75) is 32.0 Å². The first kappa shape index (κ1) is 19.3. The predicted molar refractivity (Wildman–Crippen MR) is 95.1 cm³/mol. The lowest BCUT2D eigenvalue weighted by Gasteiger charge is -2.34. The fraction of sp³-hybridized carbons (Fsp3) is 0.389. The summed E-state index contributed by atoms with van der Waals surface area (Å²) in [6.45, 7) is 2.69. The Morgan fingerprint density at radius 2 is 2.19 bits per heavy atom. The van der Waals surface area contributed by atoms with Crippen LogP contribution in [0.4, 0.5) is 13.2 Å². The zero-order valence-electron chi connectivity index (χ0n) is 14.5. The summed E-state index contributed by atoms with van der Waals surface area (Å²) in [5, 5.41) is 4.83. The standard InChI is InChI=1S/C18H18F3N3O2S/c1-2-14-16(26)22-6-7-24(14)15(25)9-13-10-27-17(23-13)11-4-3-5-12(8-11)18(19,20)21/h3-5,8,10,14H,2,6-7,9H2,1H3,(H,22,26). The summed E-state index contributed by atoms with van der Waals surface area (Å²) in [6.07, 6.45) is -3.89. The van der Waals surface area contributed by atoms with Gasteiger partial charge in [-0.3, -0.25) is 9.59 Å². The number of hydrogen-bond donors (Lipinski definition) is 1. The number of halogens is 3. The van der Waals surface area contributed by atoms with Gasteiger partial charge in [0.25, 0.3) is 0 Å². The number of nitrogens with zero attached hydrogens (tertiary/aromatic N) is 2. The van der Waals surface area contributed by atoms with Crippen LogP contribution in [0.3, 0.4) is 0 Å². The normalized spacial score (nSPS) is 17.7. The fourth-order valence-corrected chi connectivity index (χ4v) is 3.84. The lowest BCUT2D eigenvalue weighted by Crippen LogP contribution is -2.57. The summed E-state index contributed by atoms with van der Waals surface area (Å²) in [7, 11) is 0. The molecule has 1 aliphatic rings. The van der Waals surface area contributed by atoms with Gasteiger partial charge in [-0.1, -0.05) is 19.1 Å². The number of alkyl halides is 3. The largest absolute Gasteiger partial charge is 0.416 e. The second-order valence-corrected chi connectivity index (χ2v) is 7.06. The number of carbonyl (C=O) groups is 2. The van der Waals surface area contributed by atoms with Crippen LogP contribution in [0, 0.1) is 0 Å². The van der Waals surface area contributed by atoms with E-state index in [1.54, 1.807) is 16.3 Å². The zero-order valence-corrected chi connectivity index (χ0v) is 15.4. The average molecular weight is 397 g/mol. The number of rotatable bonds is 4. The molecular weight excluding hydrogens is 379 g/mol. The summed E-state index contributed by atoms with van der Waals surface area (Å²) < 4.78 is 38.6. The van der Waals surface area contributed by atoms with E-state index in [-0.39, 0.29) is 18.2 Å². The number of aromatic nitrogens is 1. The van der Waals surface area contributed by atoms with Gasteiger partial charge in [-0.2, -0.15) is 13.2 Å². The van der Waals surface area contributed by atoms with Gasteiger partial charge >= 0.3 is 6.18 Å². The Kier molecular flexibility index (Phi) is 5.50. The third-order valence-corrected chi connectivity index (χ3v) is 5.30. The van der Waals surface area contributed by atoms with Gasteiger partial charge in [0.15, 0.2) is 0 Å². The fourth-order valence-electron chi connectivity index (χ4n) is 3.02. The first-order valence-electron chi connectivity index (χ1n) is 8.49. The van der Waals surface area contributed by atoms with Crippen LogP contribution in [0.15, 0.2) is 29.6 Å². The van der Waals surface area contributed by atoms with Crippen LogP contribution >= 0.6 is 11.3 Å². The third-order valence-electron chi connectivity index (χ3n) is 4.36. The Morgan fingerprint density at radius 3 is 2.89 bits per heavy atom. The van der Waals surface area contributed by atoms with Crippen molar-refractivity contribution in [1.82, 2.24) is 15.2 Å². The Morgan fingerprint density at radius 1 is 1.41 bits per heavy atom. The van der Waals surface area contributed by atoms with Gasteiger partial charge in [0.05, 0.1) is 17.7 Å². The monoisotopic (exact) mass is 397 g/mol. The molecule has 0 bridgehead atoms. The summed E-state index contributed by atoms with van der Waals surface area (Å²) in [4.78, 5) is 30.3. The second kappa shape index (κ2) is 7.67. The van der Waals surface area contributed by atoms with Gasteiger partial charge in [0.1, 0.15) is 11.0 Å². The molecule has 1 aromatic heterocycles. The molecule has 1 N–H and O–H groups in total. The number of nitrogens with one attached hydrogen (secondary N) is 1. The van der Waals surface area contributed by atoms with Crippen LogP contribution in [-0.2, 0) is 22.2 Å². The van der Waals surface area contributed by atoms with Crippen molar-refractivity contribution in [2.24, 2.45) is 0 Å². The maximum Gasteiger partial charge on any atom is 0.416 e. The first-order chi connectivity index (χ1) is 12.8. The molecule has 1 atom stereocenters. The highest BCUT2D eigenvalue weighted by Gasteiger charge is 2.32. The van der Waals surface area contributed by atoms with E-state index in [1.807, 2.05) is 6.92 Å². The summed E-state index contributed by atoms with van der Waals surface area (Å²) in [5.74, 6) is -0.377. The van der Waals surface area contributed by atoms with E-state index in [9.17, 15) is 22.8 Å². The molecule has 9 heteroatoms. The van der Waals surface area contributed by atoms with Gasteiger partial charge in [-0.05, 0) is 18.6 Å². The van der Waals surface area contributed by atoms with E-state index in [4.69, 9.17) is 0 Å². The Labute approximate surface area is 158 Å². The molecule has 1 saturated heterocycles. The quantitative estimate of drug-likeness (QED) is 0.862. The average Bonchev–Trinajstić information content (AvgIpc) is 3.09. The Bertz CT molecular complexity index is 850.